The second kappa shape index (κ2) is 12.7. The lowest BCUT2D eigenvalue weighted by Crippen LogP contribution is -2.48. The van der Waals surface area contributed by atoms with E-state index < -0.39 is 5.95 Å². The van der Waals surface area contributed by atoms with Crippen LogP contribution in [0.25, 0.3) is 11.1 Å². The van der Waals surface area contributed by atoms with Gasteiger partial charge in [0, 0.05) is 61.4 Å². The first-order chi connectivity index (χ1) is 18.0. The summed E-state index contributed by atoms with van der Waals surface area (Å²) in [7, 11) is 0. The topological polar surface area (TPSA) is 91.3 Å². The molecule has 0 unspecified atom stereocenters. The molecule has 3 fully saturated rings. The van der Waals surface area contributed by atoms with Gasteiger partial charge in [-0.15, -0.1) is 0 Å². The molecule has 2 atom stereocenters. The fraction of sp³-hybridized carbons (Fsp3) is 0.643. The number of hydrogen-bond donors (Lipinski definition) is 4. The van der Waals surface area contributed by atoms with Gasteiger partial charge in [0.2, 0.25) is 5.95 Å². The van der Waals surface area contributed by atoms with Crippen LogP contribution in [0.15, 0.2) is 24.5 Å². The number of pyridine rings is 2. The summed E-state index contributed by atoms with van der Waals surface area (Å²) < 4.78 is 19.9. The lowest BCUT2D eigenvalue weighted by Gasteiger charge is -2.36. The maximum Gasteiger partial charge on any atom is 0.236 e. The zero-order valence-electron chi connectivity index (χ0n) is 21.4. The first-order valence-electron chi connectivity index (χ1n) is 13.9. The van der Waals surface area contributed by atoms with Gasteiger partial charge in [0.05, 0.1) is 16.8 Å². The predicted molar refractivity (Wildman–Crippen MR) is 146 cm³/mol. The number of anilines is 2. The Morgan fingerprint density at radius 2 is 1.70 bits per heavy atom. The van der Waals surface area contributed by atoms with E-state index in [1.807, 2.05) is 6.07 Å². The van der Waals surface area contributed by atoms with Crippen LogP contribution in [0.4, 0.5) is 15.9 Å². The van der Waals surface area contributed by atoms with Gasteiger partial charge in [-0.3, -0.25) is 0 Å². The van der Waals surface area contributed by atoms with E-state index in [9.17, 15) is 9.50 Å². The summed E-state index contributed by atoms with van der Waals surface area (Å²) in [5.74, 6) is 0.722. The van der Waals surface area contributed by atoms with E-state index >= 15 is 0 Å². The van der Waals surface area contributed by atoms with Crippen LogP contribution in [0.1, 0.15) is 64.2 Å². The molecule has 3 aliphatic rings. The molecule has 0 amide bonds. The van der Waals surface area contributed by atoms with Crippen molar-refractivity contribution in [3.8, 4) is 11.1 Å². The number of aliphatic hydroxyl groups is 1. The number of hydrogen-bond acceptors (Lipinski definition) is 7. The van der Waals surface area contributed by atoms with Crippen LogP contribution >= 0.6 is 11.6 Å². The molecular formula is C28H39ClFN5O2. The highest BCUT2D eigenvalue weighted by atomic mass is 35.5. The highest BCUT2D eigenvalue weighted by molar-refractivity contribution is 6.33. The van der Waals surface area contributed by atoms with Crippen molar-refractivity contribution in [2.75, 3.05) is 30.4 Å². The van der Waals surface area contributed by atoms with E-state index in [0.717, 1.165) is 87.9 Å². The van der Waals surface area contributed by atoms with E-state index in [0.29, 0.717) is 35.3 Å². The Hall–Kier alpha value is -2.00. The predicted octanol–water partition coefficient (Wildman–Crippen LogP) is 5.39. The van der Waals surface area contributed by atoms with Crippen molar-refractivity contribution in [3.05, 3.63) is 35.5 Å². The standard InChI is InChI=1S/C28H39ClFN5O2/c29-23-17-32-27(35-21-7-5-20(6-8-21)34-24-3-1-2-4-26(24)36)14-22(23)19-13-25(28(30)33-16-19)31-15-18-9-11-37-12-10-18/h13-14,16-18,20-21,24,26,31,34,36H,1-12,15H2,(H,32,35)/t20-,21-,24-,26-/m0/s1. The quantitative estimate of drug-likeness (QED) is 0.339. The number of nitrogens with one attached hydrogen (secondary N) is 3. The van der Waals surface area contributed by atoms with Crippen molar-refractivity contribution in [3.63, 3.8) is 0 Å². The lowest BCUT2D eigenvalue weighted by molar-refractivity contribution is 0.0699. The van der Waals surface area contributed by atoms with Gasteiger partial charge in [-0.2, -0.15) is 4.39 Å². The molecule has 1 aliphatic heterocycles. The van der Waals surface area contributed by atoms with Crippen molar-refractivity contribution in [1.82, 2.24) is 15.3 Å². The van der Waals surface area contributed by atoms with Crippen LogP contribution in [-0.4, -0.2) is 59.1 Å². The zero-order valence-corrected chi connectivity index (χ0v) is 22.2. The monoisotopic (exact) mass is 531 g/mol. The maximum atomic E-state index is 14.5. The Bertz CT molecular complexity index is 1030. The van der Waals surface area contributed by atoms with Gasteiger partial charge < -0.3 is 25.8 Å². The van der Waals surface area contributed by atoms with Crippen LogP contribution in [0.2, 0.25) is 5.02 Å². The first kappa shape index (κ1) is 26.6. The second-order valence-electron chi connectivity index (χ2n) is 10.9. The normalized spacial score (nSPS) is 27.1. The number of aromatic nitrogens is 2. The first-order valence-corrected chi connectivity index (χ1v) is 14.3. The van der Waals surface area contributed by atoms with Crippen LogP contribution < -0.4 is 16.0 Å². The molecule has 202 valence electrons. The molecule has 4 N–H and O–H groups in total. The second-order valence-corrected chi connectivity index (χ2v) is 11.3. The van der Waals surface area contributed by atoms with E-state index in [1.54, 1.807) is 12.3 Å². The summed E-state index contributed by atoms with van der Waals surface area (Å²) >= 11 is 6.51. The summed E-state index contributed by atoms with van der Waals surface area (Å²) in [6, 6.07) is 4.75. The van der Waals surface area contributed by atoms with Crippen molar-refractivity contribution in [2.24, 2.45) is 5.92 Å². The molecular weight excluding hydrogens is 493 g/mol. The molecule has 1 saturated heterocycles. The van der Waals surface area contributed by atoms with Gasteiger partial charge >= 0.3 is 0 Å². The van der Waals surface area contributed by atoms with Crippen molar-refractivity contribution < 1.29 is 14.2 Å². The lowest BCUT2D eigenvalue weighted by atomic mass is 9.87. The summed E-state index contributed by atoms with van der Waals surface area (Å²) in [5, 5.41) is 21.3. The van der Waals surface area contributed by atoms with Gasteiger partial charge in [-0.05, 0) is 69.4 Å². The highest BCUT2D eigenvalue weighted by Crippen LogP contribution is 2.32. The smallest absolute Gasteiger partial charge is 0.236 e. The largest absolute Gasteiger partial charge is 0.392 e. The van der Waals surface area contributed by atoms with Crippen LogP contribution in [0, 0.1) is 11.9 Å². The molecule has 7 nitrogen and oxygen atoms in total. The van der Waals surface area contributed by atoms with Crippen LogP contribution in [0.5, 0.6) is 0 Å². The number of halogens is 2. The van der Waals surface area contributed by atoms with Gasteiger partial charge in [0.1, 0.15) is 5.82 Å². The van der Waals surface area contributed by atoms with Crippen molar-refractivity contribution in [1.29, 1.82) is 0 Å². The number of ether oxygens (including phenoxy) is 1. The third-order valence-electron chi connectivity index (χ3n) is 8.19. The van der Waals surface area contributed by atoms with Gasteiger partial charge in [0.25, 0.3) is 0 Å². The van der Waals surface area contributed by atoms with Gasteiger partial charge in [-0.1, -0.05) is 24.4 Å². The molecule has 2 aromatic rings. The minimum Gasteiger partial charge on any atom is -0.392 e. The van der Waals surface area contributed by atoms with E-state index in [4.69, 9.17) is 16.3 Å². The average molecular weight is 532 g/mol. The molecule has 2 aromatic heterocycles. The Kier molecular flexibility index (Phi) is 9.13. The molecule has 5 rings (SSSR count). The minimum absolute atomic E-state index is 0.209. The molecule has 0 spiro atoms. The summed E-state index contributed by atoms with van der Waals surface area (Å²) in [5.41, 5.74) is 1.92. The van der Waals surface area contributed by atoms with Gasteiger partial charge in [-0.25, -0.2) is 9.97 Å². The van der Waals surface area contributed by atoms with E-state index in [-0.39, 0.29) is 12.1 Å². The van der Waals surface area contributed by atoms with E-state index in [2.05, 4.69) is 25.9 Å². The van der Waals surface area contributed by atoms with Gasteiger partial charge in [0.15, 0.2) is 0 Å². The third kappa shape index (κ3) is 7.11. The highest BCUT2D eigenvalue weighted by Gasteiger charge is 2.28. The molecule has 0 radical (unpaired) electrons. The van der Waals surface area contributed by atoms with Crippen molar-refractivity contribution >= 4 is 23.1 Å². The Morgan fingerprint density at radius 1 is 0.946 bits per heavy atom. The number of rotatable bonds is 8. The molecule has 0 aromatic carbocycles. The number of aliphatic hydroxyl groups excluding tert-OH is 1. The Balaban J connectivity index is 1.18. The average Bonchev–Trinajstić information content (AvgIpc) is 2.92. The molecule has 2 aliphatic carbocycles. The summed E-state index contributed by atoms with van der Waals surface area (Å²) in [6.45, 7) is 2.22. The van der Waals surface area contributed by atoms with Crippen LogP contribution in [0.3, 0.4) is 0 Å². The molecule has 9 heteroatoms. The zero-order chi connectivity index (χ0) is 25.6. The minimum atomic E-state index is -0.509. The molecule has 2 saturated carbocycles. The van der Waals surface area contributed by atoms with Crippen molar-refractivity contribution in [2.45, 2.75) is 88.4 Å². The summed E-state index contributed by atoms with van der Waals surface area (Å²) in [4.78, 5) is 8.49. The SMILES string of the molecule is O[C@H]1CCCC[C@@H]1N[C@H]1CC[C@H](Nc2cc(-c3cnc(F)c(NCC4CCOCC4)c3)c(Cl)cn2)CC1. The van der Waals surface area contributed by atoms with E-state index in [1.165, 1.54) is 12.6 Å². The fourth-order valence-corrected chi connectivity index (χ4v) is 6.10. The fourth-order valence-electron chi connectivity index (χ4n) is 5.89. The Morgan fingerprint density at radius 3 is 2.49 bits per heavy atom. The maximum absolute atomic E-state index is 14.5. The molecule has 0 bridgehead atoms. The molecule has 37 heavy (non-hydrogen) atoms. The molecule has 3 heterocycles. The number of nitrogens with zero attached hydrogens (tertiary/aromatic N) is 2. The summed E-state index contributed by atoms with van der Waals surface area (Å²) in [6.07, 6.45) is 13.5. The Labute approximate surface area is 224 Å². The third-order valence-corrected chi connectivity index (χ3v) is 8.49. The van der Waals surface area contributed by atoms with Crippen LogP contribution in [-0.2, 0) is 4.74 Å².